The summed E-state index contributed by atoms with van der Waals surface area (Å²) in [5.41, 5.74) is 2.51. The normalized spacial score (nSPS) is 10.2. The Hall–Kier alpha value is -2.23. The van der Waals surface area contributed by atoms with Gasteiger partial charge in [0.1, 0.15) is 5.76 Å². The Morgan fingerprint density at radius 1 is 1.37 bits per heavy atom. The van der Waals surface area contributed by atoms with E-state index in [0.717, 1.165) is 17.0 Å². The van der Waals surface area contributed by atoms with Crippen LogP contribution < -0.4 is 5.32 Å². The minimum Gasteiger partial charge on any atom is -0.467 e. The largest absolute Gasteiger partial charge is 0.467 e. The second-order valence-corrected chi connectivity index (χ2v) is 4.18. The highest BCUT2D eigenvalue weighted by Gasteiger charge is 2.07. The summed E-state index contributed by atoms with van der Waals surface area (Å²) in [7, 11) is 0. The molecule has 1 N–H and O–H groups in total. The molecule has 100 valence electrons. The Bertz CT molecular complexity index is 560. The standard InChI is InChI=1S/C15H17NO3/c1-3-18-15(17)12-5-4-6-13(9-12)16-10-14-11(2)7-8-19-14/h4-9,16H,3,10H2,1-2H3. The average Bonchev–Trinajstić information content (AvgIpc) is 2.82. The molecule has 0 spiro atoms. The maximum Gasteiger partial charge on any atom is 0.338 e. The highest BCUT2D eigenvalue weighted by atomic mass is 16.5. The van der Waals surface area contributed by atoms with Gasteiger partial charge in [0.05, 0.1) is 25.0 Å². The summed E-state index contributed by atoms with van der Waals surface area (Å²) in [5, 5.41) is 3.22. The number of anilines is 1. The fraction of sp³-hybridized carbons (Fsp3) is 0.267. The summed E-state index contributed by atoms with van der Waals surface area (Å²) in [6.07, 6.45) is 1.67. The Balaban J connectivity index is 2.03. The fourth-order valence-electron chi connectivity index (χ4n) is 1.74. The molecule has 0 atom stereocenters. The van der Waals surface area contributed by atoms with E-state index in [-0.39, 0.29) is 5.97 Å². The van der Waals surface area contributed by atoms with Crippen LogP contribution in [0.15, 0.2) is 41.0 Å². The Morgan fingerprint density at radius 3 is 2.89 bits per heavy atom. The van der Waals surface area contributed by atoms with Crippen LogP contribution in [0.2, 0.25) is 0 Å². The molecule has 0 unspecified atom stereocenters. The van der Waals surface area contributed by atoms with Crippen molar-refractivity contribution in [3.63, 3.8) is 0 Å². The number of aryl methyl sites for hydroxylation is 1. The van der Waals surface area contributed by atoms with E-state index >= 15 is 0 Å². The molecule has 0 aliphatic heterocycles. The van der Waals surface area contributed by atoms with Gasteiger partial charge in [-0.05, 0) is 43.7 Å². The van der Waals surface area contributed by atoms with E-state index in [9.17, 15) is 4.79 Å². The lowest BCUT2D eigenvalue weighted by molar-refractivity contribution is 0.0526. The predicted octanol–water partition coefficient (Wildman–Crippen LogP) is 3.38. The van der Waals surface area contributed by atoms with Gasteiger partial charge in [-0.2, -0.15) is 0 Å². The third-order valence-electron chi connectivity index (χ3n) is 2.79. The van der Waals surface area contributed by atoms with E-state index in [2.05, 4.69) is 5.32 Å². The summed E-state index contributed by atoms with van der Waals surface area (Å²) >= 11 is 0. The third kappa shape index (κ3) is 3.37. The van der Waals surface area contributed by atoms with Gasteiger partial charge < -0.3 is 14.5 Å². The zero-order valence-corrected chi connectivity index (χ0v) is 11.1. The van der Waals surface area contributed by atoms with E-state index in [1.54, 1.807) is 25.3 Å². The van der Waals surface area contributed by atoms with Gasteiger partial charge in [-0.1, -0.05) is 6.07 Å². The van der Waals surface area contributed by atoms with Crippen LogP contribution in [0.5, 0.6) is 0 Å². The van der Waals surface area contributed by atoms with Crippen molar-refractivity contribution >= 4 is 11.7 Å². The zero-order valence-electron chi connectivity index (χ0n) is 11.1. The van der Waals surface area contributed by atoms with Gasteiger partial charge in [-0.3, -0.25) is 0 Å². The lowest BCUT2D eigenvalue weighted by Crippen LogP contribution is -2.06. The first-order valence-corrected chi connectivity index (χ1v) is 6.24. The maximum absolute atomic E-state index is 11.6. The number of furan rings is 1. The second-order valence-electron chi connectivity index (χ2n) is 4.18. The van der Waals surface area contributed by atoms with E-state index in [1.807, 2.05) is 25.1 Å². The van der Waals surface area contributed by atoms with Gasteiger partial charge in [-0.15, -0.1) is 0 Å². The average molecular weight is 259 g/mol. The molecule has 1 heterocycles. The van der Waals surface area contributed by atoms with Crippen LogP contribution in [0.3, 0.4) is 0 Å². The lowest BCUT2D eigenvalue weighted by atomic mass is 10.2. The molecular weight excluding hydrogens is 242 g/mol. The molecule has 1 aromatic carbocycles. The molecule has 2 rings (SSSR count). The predicted molar refractivity (Wildman–Crippen MR) is 73.2 cm³/mol. The van der Waals surface area contributed by atoms with Gasteiger partial charge in [0.25, 0.3) is 0 Å². The number of carbonyl (C=O) groups excluding carboxylic acids is 1. The fourth-order valence-corrected chi connectivity index (χ4v) is 1.74. The first-order valence-electron chi connectivity index (χ1n) is 6.24. The minimum atomic E-state index is -0.305. The number of benzene rings is 1. The summed E-state index contributed by atoms with van der Waals surface area (Å²) in [6.45, 7) is 4.75. The molecule has 4 heteroatoms. The molecule has 0 saturated heterocycles. The van der Waals surface area contributed by atoms with Crippen molar-refractivity contribution in [2.45, 2.75) is 20.4 Å². The monoisotopic (exact) mass is 259 g/mol. The van der Waals surface area contributed by atoms with Crippen molar-refractivity contribution in [1.82, 2.24) is 0 Å². The minimum absolute atomic E-state index is 0.305. The zero-order chi connectivity index (χ0) is 13.7. The van der Waals surface area contributed by atoms with Crippen molar-refractivity contribution in [1.29, 1.82) is 0 Å². The first-order chi connectivity index (χ1) is 9.20. The van der Waals surface area contributed by atoms with E-state index in [4.69, 9.17) is 9.15 Å². The summed E-state index contributed by atoms with van der Waals surface area (Å²) in [6, 6.07) is 9.16. The van der Waals surface area contributed by atoms with Crippen LogP contribution in [0, 0.1) is 6.92 Å². The van der Waals surface area contributed by atoms with Crippen molar-refractivity contribution in [3.8, 4) is 0 Å². The number of esters is 1. The molecule has 0 fully saturated rings. The number of hydrogen-bond acceptors (Lipinski definition) is 4. The van der Waals surface area contributed by atoms with Crippen molar-refractivity contribution in [2.75, 3.05) is 11.9 Å². The van der Waals surface area contributed by atoms with Crippen LogP contribution in [0.25, 0.3) is 0 Å². The smallest absolute Gasteiger partial charge is 0.338 e. The quantitative estimate of drug-likeness (QED) is 0.836. The topological polar surface area (TPSA) is 51.5 Å². The van der Waals surface area contributed by atoms with Gasteiger partial charge >= 0.3 is 5.97 Å². The van der Waals surface area contributed by atoms with Crippen LogP contribution in [0.1, 0.15) is 28.6 Å². The Labute approximate surface area is 112 Å². The molecule has 2 aromatic rings. The highest BCUT2D eigenvalue weighted by molar-refractivity contribution is 5.90. The number of rotatable bonds is 5. The van der Waals surface area contributed by atoms with Crippen molar-refractivity contribution in [3.05, 3.63) is 53.5 Å². The maximum atomic E-state index is 11.6. The Kier molecular flexibility index (Phi) is 4.23. The number of carbonyl (C=O) groups is 1. The summed E-state index contributed by atoms with van der Waals surface area (Å²) in [5.74, 6) is 0.585. The van der Waals surface area contributed by atoms with Crippen molar-refractivity contribution in [2.24, 2.45) is 0 Å². The van der Waals surface area contributed by atoms with Gasteiger partial charge in [0, 0.05) is 5.69 Å². The molecule has 0 saturated carbocycles. The molecule has 0 aliphatic rings. The Morgan fingerprint density at radius 2 is 2.21 bits per heavy atom. The van der Waals surface area contributed by atoms with Gasteiger partial charge in [-0.25, -0.2) is 4.79 Å². The van der Waals surface area contributed by atoms with Crippen LogP contribution in [-0.2, 0) is 11.3 Å². The molecular formula is C15H17NO3. The first kappa shape index (κ1) is 13.2. The van der Waals surface area contributed by atoms with Crippen LogP contribution in [-0.4, -0.2) is 12.6 Å². The summed E-state index contributed by atoms with van der Waals surface area (Å²) < 4.78 is 10.3. The van der Waals surface area contributed by atoms with E-state index in [1.165, 1.54) is 0 Å². The molecule has 4 nitrogen and oxygen atoms in total. The number of hydrogen-bond donors (Lipinski definition) is 1. The van der Waals surface area contributed by atoms with Gasteiger partial charge in [0.15, 0.2) is 0 Å². The highest BCUT2D eigenvalue weighted by Crippen LogP contribution is 2.15. The third-order valence-corrected chi connectivity index (χ3v) is 2.79. The molecule has 0 bridgehead atoms. The SMILES string of the molecule is CCOC(=O)c1cccc(NCc2occc2C)c1. The molecule has 0 radical (unpaired) electrons. The van der Waals surface area contributed by atoms with E-state index in [0.29, 0.717) is 18.7 Å². The lowest BCUT2D eigenvalue weighted by Gasteiger charge is -2.07. The van der Waals surface area contributed by atoms with Crippen LogP contribution in [0.4, 0.5) is 5.69 Å². The van der Waals surface area contributed by atoms with Gasteiger partial charge in [0.2, 0.25) is 0 Å². The second kappa shape index (κ2) is 6.09. The molecule has 19 heavy (non-hydrogen) atoms. The van der Waals surface area contributed by atoms with E-state index < -0.39 is 0 Å². The summed E-state index contributed by atoms with van der Waals surface area (Å²) in [4.78, 5) is 11.6. The number of nitrogens with one attached hydrogen (secondary N) is 1. The molecule has 1 aromatic heterocycles. The van der Waals surface area contributed by atoms with Crippen LogP contribution >= 0.6 is 0 Å². The molecule has 0 amide bonds. The number of ether oxygens (including phenoxy) is 1. The van der Waals surface area contributed by atoms with Crippen molar-refractivity contribution < 1.29 is 13.9 Å². The molecule has 0 aliphatic carbocycles.